The predicted molar refractivity (Wildman–Crippen MR) is 102 cm³/mol. The van der Waals surface area contributed by atoms with Gasteiger partial charge in [-0.25, -0.2) is 9.18 Å². The highest BCUT2D eigenvalue weighted by atomic mass is 19.1. The van der Waals surface area contributed by atoms with E-state index in [0.29, 0.717) is 32.1 Å². The zero-order valence-electron chi connectivity index (χ0n) is 15.3. The van der Waals surface area contributed by atoms with Crippen molar-refractivity contribution < 1.29 is 9.18 Å². The van der Waals surface area contributed by atoms with Crippen LogP contribution in [0.5, 0.6) is 0 Å². The highest BCUT2D eigenvalue weighted by Crippen LogP contribution is 2.38. The van der Waals surface area contributed by atoms with Gasteiger partial charge in [-0.15, -0.1) is 15.3 Å². The third-order valence-electron chi connectivity index (χ3n) is 5.22. The third-order valence-corrected chi connectivity index (χ3v) is 5.22. The number of halogens is 1. The van der Waals surface area contributed by atoms with Crippen LogP contribution in [-0.4, -0.2) is 56.9 Å². The van der Waals surface area contributed by atoms with Gasteiger partial charge in [-0.3, -0.25) is 0 Å². The van der Waals surface area contributed by atoms with Crippen molar-refractivity contribution in [2.45, 2.75) is 18.8 Å². The fraction of sp³-hybridized carbons (Fsp3) is 0.368. The molecule has 1 aliphatic carbocycles. The van der Waals surface area contributed by atoms with Gasteiger partial charge in [-0.1, -0.05) is 12.1 Å². The third kappa shape index (κ3) is 3.12. The zero-order valence-corrected chi connectivity index (χ0v) is 15.3. The lowest BCUT2D eigenvalue weighted by atomic mass is 10.3. The number of amides is 2. The molecule has 3 heterocycles. The number of benzene rings is 1. The van der Waals surface area contributed by atoms with Crippen LogP contribution in [0.25, 0.3) is 5.65 Å². The highest BCUT2D eigenvalue weighted by molar-refractivity contribution is 5.89. The van der Waals surface area contributed by atoms with E-state index in [-0.39, 0.29) is 11.7 Å². The molecule has 1 aromatic carbocycles. The Bertz CT molecular complexity index is 1020. The molecule has 5 rings (SSSR count). The summed E-state index contributed by atoms with van der Waals surface area (Å²) in [5, 5.41) is 15.8. The van der Waals surface area contributed by atoms with Gasteiger partial charge in [0.05, 0.1) is 5.69 Å². The first-order valence-electron chi connectivity index (χ1n) is 9.47. The summed E-state index contributed by atoms with van der Waals surface area (Å²) in [5.74, 6) is 1.81. The Labute approximate surface area is 161 Å². The monoisotopic (exact) mass is 381 g/mol. The lowest BCUT2D eigenvalue weighted by Crippen LogP contribution is -2.50. The Balaban J connectivity index is 1.25. The van der Waals surface area contributed by atoms with Crippen LogP contribution < -0.4 is 10.2 Å². The molecule has 0 bridgehead atoms. The lowest BCUT2D eigenvalue weighted by Gasteiger charge is -2.35. The van der Waals surface area contributed by atoms with Gasteiger partial charge in [0.1, 0.15) is 11.6 Å². The molecule has 1 N–H and O–H groups in total. The van der Waals surface area contributed by atoms with E-state index in [1.807, 2.05) is 16.6 Å². The van der Waals surface area contributed by atoms with E-state index in [1.165, 1.54) is 6.07 Å². The molecule has 28 heavy (non-hydrogen) atoms. The second-order valence-electron chi connectivity index (χ2n) is 7.18. The molecule has 9 heteroatoms. The van der Waals surface area contributed by atoms with Crippen molar-refractivity contribution in [1.29, 1.82) is 0 Å². The zero-order chi connectivity index (χ0) is 19.1. The molecular formula is C19H20FN7O. The second-order valence-corrected chi connectivity index (χ2v) is 7.18. The molecule has 144 valence electrons. The number of nitrogens with one attached hydrogen (secondary N) is 1. The van der Waals surface area contributed by atoms with Crippen molar-refractivity contribution in [2.24, 2.45) is 0 Å². The van der Waals surface area contributed by atoms with Crippen molar-refractivity contribution in [3.63, 3.8) is 0 Å². The number of rotatable bonds is 3. The van der Waals surface area contributed by atoms with Gasteiger partial charge in [0.25, 0.3) is 0 Å². The van der Waals surface area contributed by atoms with E-state index in [4.69, 9.17) is 5.10 Å². The van der Waals surface area contributed by atoms with Crippen molar-refractivity contribution in [2.75, 3.05) is 36.4 Å². The van der Waals surface area contributed by atoms with Crippen molar-refractivity contribution in [3.8, 4) is 0 Å². The van der Waals surface area contributed by atoms with E-state index in [0.717, 1.165) is 30.1 Å². The van der Waals surface area contributed by atoms with Gasteiger partial charge in [0.15, 0.2) is 11.5 Å². The summed E-state index contributed by atoms with van der Waals surface area (Å²) < 4.78 is 15.6. The molecule has 2 aliphatic rings. The first-order chi connectivity index (χ1) is 13.7. The van der Waals surface area contributed by atoms with Crippen molar-refractivity contribution in [1.82, 2.24) is 24.7 Å². The number of hydrogen-bond acceptors (Lipinski definition) is 5. The molecule has 1 saturated heterocycles. The number of piperazine rings is 1. The molecule has 0 unspecified atom stereocenters. The molecule has 1 aliphatic heterocycles. The highest BCUT2D eigenvalue weighted by Gasteiger charge is 2.30. The first kappa shape index (κ1) is 16.9. The van der Waals surface area contributed by atoms with Gasteiger partial charge >= 0.3 is 6.03 Å². The molecule has 8 nitrogen and oxygen atoms in total. The SMILES string of the molecule is O=C(Nc1ccccc1F)N1CCN(c2ccc3nnc(C4CC4)n3n2)CC1. The number of urea groups is 1. The van der Waals surface area contributed by atoms with Crippen molar-refractivity contribution in [3.05, 3.63) is 48.0 Å². The molecule has 3 aromatic rings. The Morgan fingerprint density at radius 1 is 1.04 bits per heavy atom. The molecule has 2 fully saturated rings. The summed E-state index contributed by atoms with van der Waals surface area (Å²) >= 11 is 0. The number of carbonyl (C=O) groups is 1. The average Bonchev–Trinajstić information content (AvgIpc) is 3.48. The fourth-order valence-electron chi connectivity index (χ4n) is 3.46. The molecule has 1 saturated carbocycles. The smallest absolute Gasteiger partial charge is 0.322 e. The van der Waals surface area contributed by atoms with Crippen LogP contribution in [0.4, 0.5) is 20.7 Å². The van der Waals surface area contributed by atoms with Gasteiger partial charge in [-0.2, -0.15) is 4.52 Å². The minimum atomic E-state index is -0.438. The van der Waals surface area contributed by atoms with Gasteiger partial charge < -0.3 is 15.1 Å². The summed E-state index contributed by atoms with van der Waals surface area (Å²) in [6.07, 6.45) is 2.28. The van der Waals surface area contributed by atoms with Crippen LogP contribution in [-0.2, 0) is 0 Å². The molecule has 2 aromatic heterocycles. The van der Waals surface area contributed by atoms with E-state index >= 15 is 0 Å². The summed E-state index contributed by atoms with van der Waals surface area (Å²) in [7, 11) is 0. The number of nitrogens with zero attached hydrogens (tertiary/aromatic N) is 6. The normalized spacial score (nSPS) is 17.2. The van der Waals surface area contributed by atoms with Crippen LogP contribution in [0.1, 0.15) is 24.6 Å². The van der Waals surface area contributed by atoms with Gasteiger partial charge in [0, 0.05) is 32.1 Å². The Morgan fingerprint density at radius 2 is 1.82 bits per heavy atom. The number of anilines is 2. The van der Waals surface area contributed by atoms with Crippen LogP contribution in [0, 0.1) is 5.82 Å². The number of hydrogen-bond donors (Lipinski definition) is 1. The van der Waals surface area contributed by atoms with Crippen LogP contribution in [0.3, 0.4) is 0 Å². The second kappa shape index (κ2) is 6.74. The van der Waals surface area contributed by atoms with Gasteiger partial charge in [0.2, 0.25) is 0 Å². The number of aromatic nitrogens is 4. The summed E-state index contributed by atoms with van der Waals surface area (Å²) in [5.41, 5.74) is 0.954. The van der Waals surface area contributed by atoms with Gasteiger partial charge in [-0.05, 0) is 37.1 Å². The Morgan fingerprint density at radius 3 is 2.57 bits per heavy atom. The van der Waals surface area contributed by atoms with E-state index < -0.39 is 5.82 Å². The topological polar surface area (TPSA) is 78.7 Å². The molecule has 0 radical (unpaired) electrons. The maximum atomic E-state index is 13.7. The first-order valence-corrected chi connectivity index (χ1v) is 9.47. The average molecular weight is 381 g/mol. The standard InChI is InChI=1S/C19H20FN7O/c20-14-3-1-2-4-15(14)21-19(28)26-11-9-25(10-12-26)17-8-7-16-22-23-18(13-5-6-13)27(16)24-17/h1-4,7-8,13H,5-6,9-12H2,(H,21,28). The number of para-hydroxylation sites is 1. The van der Waals surface area contributed by atoms with Crippen LogP contribution in [0.2, 0.25) is 0 Å². The molecule has 2 amide bonds. The quantitative estimate of drug-likeness (QED) is 0.754. The minimum Gasteiger partial charge on any atom is -0.352 e. The number of carbonyl (C=O) groups excluding carboxylic acids is 1. The molecular weight excluding hydrogens is 361 g/mol. The predicted octanol–water partition coefficient (Wildman–Crippen LogP) is 2.49. The lowest BCUT2D eigenvalue weighted by molar-refractivity contribution is 0.208. The number of fused-ring (bicyclic) bond motifs is 1. The van der Waals surface area contributed by atoms with Crippen LogP contribution in [0.15, 0.2) is 36.4 Å². The van der Waals surface area contributed by atoms with E-state index in [9.17, 15) is 9.18 Å². The summed E-state index contributed by atoms with van der Waals surface area (Å²) in [6, 6.07) is 9.75. The molecule has 0 atom stereocenters. The summed E-state index contributed by atoms with van der Waals surface area (Å²) in [4.78, 5) is 16.3. The van der Waals surface area contributed by atoms with E-state index in [2.05, 4.69) is 20.4 Å². The van der Waals surface area contributed by atoms with E-state index in [1.54, 1.807) is 23.1 Å². The van der Waals surface area contributed by atoms with Crippen LogP contribution >= 0.6 is 0 Å². The minimum absolute atomic E-state index is 0.197. The maximum absolute atomic E-state index is 13.7. The summed E-state index contributed by atoms with van der Waals surface area (Å²) in [6.45, 7) is 2.39. The fourth-order valence-corrected chi connectivity index (χ4v) is 3.46. The largest absolute Gasteiger partial charge is 0.352 e. The Hall–Kier alpha value is -3.23. The molecule has 0 spiro atoms. The Kier molecular flexibility index (Phi) is 4.07. The van der Waals surface area contributed by atoms with Crippen molar-refractivity contribution >= 4 is 23.2 Å². The maximum Gasteiger partial charge on any atom is 0.322 e.